The molecule has 11 nitrogen and oxygen atoms in total. The Morgan fingerprint density at radius 2 is 1.16 bits per heavy atom. The highest BCUT2D eigenvalue weighted by atomic mass is 16.7. The predicted molar refractivity (Wildman–Crippen MR) is 163 cm³/mol. The Bertz CT molecular complexity index is 1470. The summed E-state index contributed by atoms with van der Waals surface area (Å²) < 4.78 is 35.5. The van der Waals surface area contributed by atoms with Gasteiger partial charge in [-0.2, -0.15) is 0 Å². The van der Waals surface area contributed by atoms with Gasteiger partial charge in [0.2, 0.25) is 0 Å². The first-order valence-corrected chi connectivity index (χ1v) is 19.3. The van der Waals surface area contributed by atoms with Crippen LogP contribution in [0, 0.1) is 88.3 Å². The van der Waals surface area contributed by atoms with Gasteiger partial charge in [-0.05, 0) is 112 Å². The third-order valence-corrected chi connectivity index (χ3v) is 16.0. The molecule has 264 valence electrons. The molecule has 12 fully saturated rings. The first-order chi connectivity index (χ1) is 23.7. The number of carbonyl (C=O) groups is 5. The molecule has 10 aliphatic carbocycles. The SMILES string of the molecule is O=C1OC2C3CC(CC13)C2OC(=O)C1CC2CC1C(C(=O)OCOCC13CC4CC(CC(C4)C1)C3)C2C(=O)OC1C2CC3C(=O)OC1C3C2. The van der Waals surface area contributed by atoms with Crippen LogP contribution in [0.1, 0.15) is 77.0 Å². The van der Waals surface area contributed by atoms with E-state index in [-0.39, 0.29) is 77.6 Å². The van der Waals surface area contributed by atoms with Gasteiger partial charge in [0.05, 0.1) is 36.2 Å². The third-order valence-electron chi connectivity index (χ3n) is 16.0. The van der Waals surface area contributed by atoms with Gasteiger partial charge in [0.1, 0.15) is 24.4 Å². The molecule has 0 amide bonds. The fraction of sp³-hybridized carbons (Fsp3) is 0.868. The van der Waals surface area contributed by atoms with E-state index in [4.69, 9.17) is 28.4 Å². The van der Waals surface area contributed by atoms with Gasteiger partial charge in [-0.1, -0.05) is 0 Å². The van der Waals surface area contributed by atoms with Gasteiger partial charge in [-0.3, -0.25) is 24.0 Å². The maximum atomic E-state index is 14.0. The molecule has 49 heavy (non-hydrogen) atoms. The Balaban J connectivity index is 0.786. The zero-order valence-electron chi connectivity index (χ0n) is 27.8. The Kier molecular flexibility index (Phi) is 6.39. The number of fused-ring (bicyclic) bond motifs is 4. The van der Waals surface area contributed by atoms with Crippen LogP contribution >= 0.6 is 0 Å². The number of esters is 5. The molecular formula is C38H46O11. The van der Waals surface area contributed by atoms with Gasteiger partial charge in [-0.15, -0.1) is 0 Å². The molecule has 12 aliphatic rings. The van der Waals surface area contributed by atoms with Crippen LogP contribution in [0.25, 0.3) is 0 Å². The van der Waals surface area contributed by atoms with E-state index in [1.165, 1.54) is 38.5 Å². The van der Waals surface area contributed by atoms with E-state index in [2.05, 4.69) is 0 Å². The summed E-state index contributed by atoms with van der Waals surface area (Å²) in [7, 11) is 0. The molecular weight excluding hydrogens is 632 g/mol. The van der Waals surface area contributed by atoms with Gasteiger partial charge in [0.15, 0.2) is 6.79 Å². The van der Waals surface area contributed by atoms with E-state index in [1.807, 2.05) is 0 Å². The zero-order chi connectivity index (χ0) is 32.9. The first-order valence-electron chi connectivity index (χ1n) is 19.3. The number of rotatable bonds is 9. The highest BCUT2D eigenvalue weighted by Crippen LogP contribution is 2.62. The largest absolute Gasteiger partial charge is 0.458 e. The lowest BCUT2D eigenvalue weighted by Gasteiger charge is -2.56. The quantitative estimate of drug-likeness (QED) is 0.153. The van der Waals surface area contributed by atoms with Crippen LogP contribution in [-0.2, 0) is 52.4 Å². The molecule has 0 aromatic rings. The van der Waals surface area contributed by atoms with Gasteiger partial charge >= 0.3 is 29.8 Å². The Labute approximate surface area is 285 Å². The first kappa shape index (κ1) is 30.0. The number of carbonyl (C=O) groups excluding carboxylic acids is 5. The van der Waals surface area contributed by atoms with Gasteiger partial charge in [0, 0.05) is 23.7 Å². The normalized spacial score (nSPS) is 54.1. The topological polar surface area (TPSA) is 141 Å². The van der Waals surface area contributed by atoms with Crippen LogP contribution in [0.3, 0.4) is 0 Å². The van der Waals surface area contributed by atoms with E-state index in [0.29, 0.717) is 32.3 Å². The van der Waals surface area contributed by atoms with Crippen molar-refractivity contribution in [1.29, 1.82) is 0 Å². The monoisotopic (exact) mass is 678 g/mol. The second-order valence-electron chi connectivity index (χ2n) is 18.5. The lowest BCUT2D eigenvalue weighted by Crippen LogP contribution is -2.48. The standard InChI is InChI=1S/C38H46O11/c39-33(46-29-19-6-22-25(8-19)34(40)48-31(22)29)24-5-18-4-21(24)28(27(18)37(43)47-30-20-7-23-26(9-20)35(41)49-32(23)30)36(42)45-14-44-13-38-10-15-1-16(11-38)3-17(2-15)12-38/h15-32H,1-14H2. The van der Waals surface area contributed by atoms with E-state index in [1.54, 1.807) is 0 Å². The summed E-state index contributed by atoms with van der Waals surface area (Å²) in [6.07, 6.45) is 9.89. The second-order valence-corrected chi connectivity index (χ2v) is 18.5. The molecule has 0 aromatic carbocycles. The summed E-state index contributed by atoms with van der Waals surface area (Å²) >= 11 is 0. The molecule has 15 unspecified atom stereocenters. The molecule has 0 N–H and O–H groups in total. The van der Waals surface area contributed by atoms with Crippen molar-refractivity contribution in [2.24, 2.45) is 88.3 Å². The Hall–Kier alpha value is -2.69. The van der Waals surface area contributed by atoms with Gasteiger partial charge < -0.3 is 28.4 Å². The molecule has 10 bridgehead atoms. The van der Waals surface area contributed by atoms with Crippen LogP contribution < -0.4 is 0 Å². The molecule has 2 saturated heterocycles. The van der Waals surface area contributed by atoms with Gasteiger partial charge in [-0.25, -0.2) is 0 Å². The minimum absolute atomic E-state index is 0.0720. The molecule has 12 rings (SSSR count). The fourth-order valence-corrected chi connectivity index (χ4v) is 14.8. The number of hydrogen-bond donors (Lipinski definition) is 0. The van der Waals surface area contributed by atoms with E-state index in [0.717, 1.165) is 30.6 Å². The van der Waals surface area contributed by atoms with Crippen molar-refractivity contribution in [2.45, 2.75) is 101 Å². The highest BCUT2D eigenvalue weighted by molar-refractivity contribution is 5.86. The van der Waals surface area contributed by atoms with Crippen molar-refractivity contribution < 1.29 is 52.4 Å². The van der Waals surface area contributed by atoms with Crippen LogP contribution in [-0.4, -0.2) is 67.7 Å². The van der Waals surface area contributed by atoms with Crippen LogP contribution in [0.4, 0.5) is 0 Å². The van der Waals surface area contributed by atoms with E-state index in [9.17, 15) is 24.0 Å². The summed E-state index contributed by atoms with van der Waals surface area (Å²) in [6.45, 7) is 0.416. The number of ether oxygens (including phenoxy) is 6. The minimum Gasteiger partial charge on any atom is -0.458 e. The molecule has 15 atom stereocenters. The van der Waals surface area contributed by atoms with Gasteiger partial charge in [0.25, 0.3) is 0 Å². The molecule has 0 spiro atoms. The predicted octanol–water partition coefficient (Wildman–Crippen LogP) is 3.59. The highest BCUT2D eigenvalue weighted by Gasteiger charge is 2.67. The van der Waals surface area contributed by atoms with Crippen molar-refractivity contribution in [3.63, 3.8) is 0 Å². The summed E-state index contributed by atoms with van der Waals surface area (Å²) in [6, 6.07) is 0. The summed E-state index contributed by atoms with van der Waals surface area (Å²) in [5.41, 5.74) is 0.186. The van der Waals surface area contributed by atoms with Crippen molar-refractivity contribution in [3.05, 3.63) is 0 Å². The van der Waals surface area contributed by atoms with Crippen molar-refractivity contribution in [3.8, 4) is 0 Å². The Morgan fingerprint density at radius 3 is 1.76 bits per heavy atom. The second kappa shape index (κ2) is 10.4. The molecule has 10 saturated carbocycles. The third kappa shape index (κ3) is 4.32. The molecule has 2 aliphatic heterocycles. The van der Waals surface area contributed by atoms with Crippen molar-refractivity contribution >= 4 is 29.8 Å². The zero-order valence-corrected chi connectivity index (χ0v) is 27.8. The van der Waals surface area contributed by atoms with Crippen LogP contribution in [0.15, 0.2) is 0 Å². The average Bonchev–Trinajstić information content (AvgIpc) is 3.92. The van der Waals surface area contributed by atoms with Crippen LogP contribution in [0.5, 0.6) is 0 Å². The number of hydrogen-bond acceptors (Lipinski definition) is 11. The van der Waals surface area contributed by atoms with Crippen molar-refractivity contribution in [2.75, 3.05) is 13.4 Å². The minimum atomic E-state index is -0.849. The molecule has 0 aromatic heterocycles. The summed E-state index contributed by atoms with van der Waals surface area (Å²) in [5.74, 6) is -1.85. The summed E-state index contributed by atoms with van der Waals surface area (Å²) in [4.78, 5) is 66.5. The maximum Gasteiger partial charge on any atom is 0.312 e. The lowest BCUT2D eigenvalue weighted by molar-refractivity contribution is -0.185. The van der Waals surface area contributed by atoms with E-state index < -0.39 is 53.9 Å². The molecule has 2 heterocycles. The molecule has 11 heteroatoms. The van der Waals surface area contributed by atoms with Crippen LogP contribution in [0.2, 0.25) is 0 Å². The average molecular weight is 679 g/mol. The Morgan fingerprint density at radius 1 is 0.612 bits per heavy atom. The fourth-order valence-electron chi connectivity index (χ4n) is 14.8. The van der Waals surface area contributed by atoms with Crippen molar-refractivity contribution in [1.82, 2.24) is 0 Å². The smallest absolute Gasteiger partial charge is 0.312 e. The summed E-state index contributed by atoms with van der Waals surface area (Å²) in [5, 5.41) is 0. The maximum absolute atomic E-state index is 14.0. The lowest BCUT2D eigenvalue weighted by atomic mass is 9.50. The molecule has 0 radical (unpaired) electrons. The van der Waals surface area contributed by atoms with E-state index >= 15 is 0 Å².